The molecule has 4 aromatic carbocycles. The molecule has 6 rings (SSSR count). The van der Waals surface area contributed by atoms with Gasteiger partial charge in [-0.2, -0.15) is 0 Å². The van der Waals surface area contributed by atoms with E-state index in [4.69, 9.17) is 9.16 Å². The molecule has 0 bridgehead atoms. The lowest BCUT2D eigenvalue weighted by Gasteiger charge is -2.46. The first kappa shape index (κ1) is 32.9. The Kier molecular flexibility index (Phi) is 9.76. The first-order valence-corrected chi connectivity index (χ1v) is 18.7. The van der Waals surface area contributed by atoms with Crippen LogP contribution in [0.3, 0.4) is 0 Å². The molecule has 5 nitrogen and oxygen atoms in total. The van der Waals surface area contributed by atoms with Crippen LogP contribution >= 0.6 is 0 Å². The monoisotopic (exact) mass is 649 g/mol. The van der Waals surface area contributed by atoms with Crippen molar-refractivity contribution in [1.82, 2.24) is 4.90 Å². The number of carbonyl (C=O) groups is 2. The number of halogens is 1. The Labute approximate surface area is 278 Å². The quantitative estimate of drug-likeness (QED) is 0.172. The second kappa shape index (κ2) is 14.0. The number of ether oxygens (including phenoxy) is 1. The Morgan fingerprint density at radius 2 is 1.36 bits per heavy atom. The number of cyclic esters (lactones) is 1. The maximum atomic E-state index is 14.0. The van der Waals surface area contributed by atoms with Gasteiger partial charge in [0.25, 0.3) is 8.32 Å². The molecule has 1 saturated carbocycles. The van der Waals surface area contributed by atoms with Gasteiger partial charge in [0, 0.05) is 12.5 Å². The molecule has 2 amide bonds. The van der Waals surface area contributed by atoms with E-state index in [2.05, 4.69) is 81.4 Å². The van der Waals surface area contributed by atoms with Crippen LogP contribution in [-0.2, 0) is 14.0 Å². The summed E-state index contributed by atoms with van der Waals surface area (Å²) < 4.78 is 26.9. The van der Waals surface area contributed by atoms with E-state index in [-0.39, 0.29) is 47.7 Å². The van der Waals surface area contributed by atoms with Crippen molar-refractivity contribution in [3.05, 3.63) is 132 Å². The van der Waals surface area contributed by atoms with Gasteiger partial charge < -0.3 is 9.16 Å². The number of rotatable bonds is 9. The SMILES string of the molecule is CC(C)(C)[Si](OC1CCC([C@@H](CC(=O)N2C(=O)OC[C@H]2c2ccccc2)c2ccc(F)cc2)CC1)(c1ccccc1)c1ccccc1. The molecular weight excluding hydrogens is 606 g/mol. The van der Waals surface area contributed by atoms with E-state index in [0.29, 0.717) is 0 Å². The minimum atomic E-state index is -2.70. The zero-order chi connectivity index (χ0) is 33.0. The van der Waals surface area contributed by atoms with Gasteiger partial charge >= 0.3 is 6.09 Å². The molecule has 244 valence electrons. The molecule has 2 fully saturated rings. The summed E-state index contributed by atoms with van der Waals surface area (Å²) in [4.78, 5) is 28.1. The fraction of sp³-hybridized carbons (Fsp3) is 0.350. The average Bonchev–Trinajstić information content (AvgIpc) is 3.49. The van der Waals surface area contributed by atoms with Crippen LogP contribution in [0.1, 0.15) is 76.0 Å². The third-order valence-electron chi connectivity index (χ3n) is 10.1. The van der Waals surface area contributed by atoms with Crippen molar-refractivity contribution < 1.29 is 23.1 Å². The maximum Gasteiger partial charge on any atom is 0.417 e. The van der Waals surface area contributed by atoms with Gasteiger partial charge in [0.1, 0.15) is 18.5 Å². The molecule has 1 heterocycles. The lowest BCUT2D eigenvalue weighted by atomic mass is 9.74. The number of hydrogen-bond acceptors (Lipinski definition) is 4. The smallest absolute Gasteiger partial charge is 0.417 e. The number of amides is 2. The Balaban J connectivity index is 1.24. The van der Waals surface area contributed by atoms with E-state index in [1.54, 1.807) is 12.1 Å². The molecule has 0 unspecified atom stereocenters. The van der Waals surface area contributed by atoms with Crippen LogP contribution in [0.2, 0.25) is 5.04 Å². The third kappa shape index (κ3) is 6.83. The van der Waals surface area contributed by atoms with Crippen LogP contribution in [0.4, 0.5) is 9.18 Å². The summed E-state index contributed by atoms with van der Waals surface area (Å²) in [6.07, 6.45) is 3.06. The fourth-order valence-corrected chi connectivity index (χ4v) is 12.5. The van der Waals surface area contributed by atoms with Gasteiger partial charge in [-0.1, -0.05) is 124 Å². The Hall–Kier alpha value is -4.07. The zero-order valence-electron chi connectivity index (χ0n) is 27.5. The predicted octanol–water partition coefficient (Wildman–Crippen LogP) is 8.15. The van der Waals surface area contributed by atoms with E-state index >= 15 is 0 Å². The molecule has 1 aliphatic heterocycles. The number of hydrogen-bond donors (Lipinski definition) is 0. The van der Waals surface area contributed by atoms with Crippen molar-refractivity contribution in [3.63, 3.8) is 0 Å². The topological polar surface area (TPSA) is 55.8 Å². The highest BCUT2D eigenvalue weighted by atomic mass is 28.4. The Morgan fingerprint density at radius 1 is 0.830 bits per heavy atom. The highest BCUT2D eigenvalue weighted by molar-refractivity contribution is 6.99. The Morgan fingerprint density at radius 3 is 1.89 bits per heavy atom. The number of nitrogens with zero attached hydrogens (tertiary/aromatic N) is 1. The van der Waals surface area contributed by atoms with Crippen LogP contribution < -0.4 is 10.4 Å². The molecule has 0 N–H and O–H groups in total. The minimum Gasteiger partial charge on any atom is -0.446 e. The molecule has 0 spiro atoms. The standard InChI is InChI=1S/C40H44FNO4Si/c1-40(2,3)47(34-15-9-5-10-16-34,35-17-11-6-12-18-35)46-33-25-21-30(22-26-33)36(29-19-23-32(41)24-20-29)27-38(43)42-37(28-45-39(42)44)31-13-7-4-8-14-31/h4-20,23-24,30,33,36-37H,21-22,25-28H2,1-3H3/t30?,33?,36-,37-/m0/s1. The van der Waals surface area contributed by atoms with E-state index in [0.717, 1.165) is 36.8 Å². The summed E-state index contributed by atoms with van der Waals surface area (Å²) in [7, 11) is -2.70. The summed E-state index contributed by atoms with van der Waals surface area (Å²) in [5.41, 5.74) is 1.78. The molecule has 1 saturated heterocycles. The van der Waals surface area contributed by atoms with E-state index in [9.17, 15) is 14.0 Å². The summed E-state index contributed by atoms with van der Waals surface area (Å²) in [6, 6.07) is 37.0. The highest BCUT2D eigenvalue weighted by Crippen LogP contribution is 2.44. The van der Waals surface area contributed by atoms with Crippen molar-refractivity contribution in [2.24, 2.45) is 5.92 Å². The first-order chi connectivity index (χ1) is 22.7. The second-order valence-corrected chi connectivity index (χ2v) is 18.2. The molecular formula is C40H44FNO4Si. The van der Waals surface area contributed by atoms with Gasteiger partial charge in [0.2, 0.25) is 5.91 Å². The average molecular weight is 650 g/mol. The van der Waals surface area contributed by atoms with Crippen molar-refractivity contribution in [1.29, 1.82) is 0 Å². The Bertz CT molecular complexity index is 1600. The van der Waals surface area contributed by atoms with Crippen LogP contribution in [0, 0.1) is 11.7 Å². The normalized spacial score (nSPS) is 20.9. The summed E-state index contributed by atoms with van der Waals surface area (Å²) >= 11 is 0. The van der Waals surface area contributed by atoms with Crippen LogP contribution in [-0.4, -0.2) is 37.9 Å². The van der Waals surface area contributed by atoms with Crippen molar-refractivity contribution in [2.75, 3.05) is 6.61 Å². The number of benzene rings is 4. The van der Waals surface area contributed by atoms with Gasteiger partial charge in [-0.05, 0) is 76.2 Å². The first-order valence-electron chi connectivity index (χ1n) is 16.8. The van der Waals surface area contributed by atoms with E-state index in [1.165, 1.54) is 27.4 Å². The van der Waals surface area contributed by atoms with E-state index in [1.807, 2.05) is 30.3 Å². The molecule has 0 radical (unpaired) electrons. The van der Waals surface area contributed by atoms with Crippen LogP contribution in [0.15, 0.2) is 115 Å². The largest absolute Gasteiger partial charge is 0.446 e. The third-order valence-corrected chi connectivity index (χ3v) is 15.2. The van der Waals surface area contributed by atoms with Gasteiger partial charge in [-0.3, -0.25) is 4.79 Å². The minimum absolute atomic E-state index is 0.0677. The summed E-state index contributed by atoms with van der Waals surface area (Å²) in [6.45, 7) is 7.04. The summed E-state index contributed by atoms with van der Waals surface area (Å²) in [5.74, 6) is -0.561. The maximum absolute atomic E-state index is 14.0. The molecule has 2 atom stereocenters. The molecule has 4 aromatic rings. The lowest BCUT2D eigenvalue weighted by Crippen LogP contribution is -2.67. The van der Waals surface area contributed by atoms with E-state index < -0.39 is 20.5 Å². The number of imide groups is 1. The second-order valence-electron chi connectivity index (χ2n) is 13.9. The van der Waals surface area contributed by atoms with Crippen molar-refractivity contribution >= 4 is 30.7 Å². The summed E-state index contributed by atoms with van der Waals surface area (Å²) in [5, 5.41) is 2.41. The van der Waals surface area contributed by atoms with Gasteiger partial charge in [0.05, 0.1) is 0 Å². The van der Waals surface area contributed by atoms with Crippen molar-refractivity contribution in [3.8, 4) is 0 Å². The lowest BCUT2D eigenvalue weighted by molar-refractivity contribution is -0.130. The fourth-order valence-electron chi connectivity index (χ4n) is 7.72. The zero-order valence-corrected chi connectivity index (χ0v) is 28.5. The molecule has 47 heavy (non-hydrogen) atoms. The molecule has 0 aromatic heterocycles. The predicted molar refractivity (Wildman–Crippen MR) is 186 cm³/mol. The number of carbonyl (C=O) groups excluding carboxylic acids is 2. The van der Waals surface area contributed by atoms with Crippen LogP contribution in [0.25, 0.3) is 0 Å². The molecule has 1 aliphatic carbocycles. The van der Waals surface area contributed by atoms with Crippen LogP contribution in [0.5, 0.6) is 0 Å². The van der Waals surface area contributed by atoms with Gasteiger partial charge in [0.15, 0.2) is 0 Å². The molecule has 7 heteroatoms. The van der Waals surface area contributed by atoms with Crippen molar-refractivity contribution in [2.45, 2.75) is 76.0 Å². The highest BCUT2D eigenvalue weighted by Gasteiger charge is 2.52. The van der Waals surface area contributed by atoms with Gasteiger partial charge in [-0.25, -0.2) is 14.1 Å². The van der Waals surface area contributed by atoms with Gasteiger partial charge in [-0.15, -0.1) is 0 Å². The molecule has 2 aliphatic rings.